The Morgan fingerprint density at radius 2 is 1.96 bits per heavy atom. The summed E-state index contributed by atoms with van der Waals surface area (Å²) < 4.78 is 13.1. The fourth-order valence-corrected chi connectivity index (χ4v) is 2.37. The Labute approximate surface area is 139 Å². The summed E-state index contributed by atoms with van der Waals surface area (Å²) in [5.74, 6) is -0.934. The van der Waals surface area contributed by atoms with Crippen LogP contribution in [0, 0.1) is 11.7 Å². The van der Waals surface area contributed by atoms with E-state index in [0.717, 1.165) is 5.56 Å². The van der Waals surface area contributed by atoms with Gasteiger partial charge >= 0.3 is 0 Å². The van der Waals surface area contributed by atoms with Crippen LogP contribution >= 0.6 is 11.6 Å². The molecule has 2 aromatic carbocycles. The highest BCUT2D eigenvalue weighted by Gasteiger charge is 2.18. The smallest absolute Gasteiger partial charge is 0.227 e. The summed E-state index contributed by atoms with van der Waals surface area (Å²) in [6.45, 7) is 1.76. The first-order chi connectivity index (χ1) is 10.9. The van der Waals surface area contributed by atoms with Crippen LogP contribution < -0.4 is 11.1 Å². The van der Waals surface area contributed by atoms with Crippen LogP contribution in [0.15, 0.2) is 42.5 Å². The van der Waals surface area contributed by atoms with Crippen LogP contribution in [0.5, 0.6) is 5.75 Å². The summed E-state index contributed by atoms with van der Waals surface area (Å²) >= 11 is 5.69. The number of aromatic hydroxyl groups is 1. The first-order valence-electron chi connectivity index (χ1n) is 7.17. The third-order valence-corrected chi connectivity index (χ3v) is 3.85. The highest BCUT2D eigenvalue weighted by atomic mass is 35.5. The van der Waals surface area contributed by atoms with Gasteiger partial charge in [0.2, 0.25) is 5.91 Å². The molecule has 0 aliphatic heterocycles. The van der Waals surface area contributed by atoms with E-state index in [-0.39, 0.29) is 28.6 Å². The van der Waals surface area contributed by atoms with Gasteiger partial charge in [-0.1, -0.05) is 30.7 Å². The van der Waals surface area contributed by atoms with E-state index in [2.05, 4.69) is 5.32 Å². The van der Waals surface area contributed by atoms with Crippen LogP contribution in [-0.2, 0) is 4.79 Å². The SMILES string of the molecule is CC(CC(N)c1ccc(O)cc1)C(=O)Nc1ccc(F)c(Cl)c1. The van der Waals surface area contributed by atoms with Crippen molar-refractivity contribution in [2.24, 2.45) is 11.7 Å². The van der Waals surface area contributed by atoms with E-state index < -0.39 is 5.82 Å². The Morgan fingerprint density at radius 3 is 2.57 bits per heavy atom. The van der Waals surface area contributed by atoms with Crippen molar-refractivity contribution in [1.29, 1.82) is 0 Å². The molecule has 0 radical (unpaired) electrons. The maximum atomic E-state index is 13.1. The van der Waals surface area contributed by atoms with Gasteiger partial charge < -0.3 is 16.2 Å². The molecule has 0 aliphatic carbocycles. The molecular formula is C17H18ClFN2O2. The lowest BCUT2D eigenvalue weighted by Gasteiger charge is -2.17. The Morgan fingerprint density at radius 1 is 1.30 bits per heavy atom. The van der Waals surface area contributed by atoms with Crippen molar-refractivity contribution < 1.29 is 14.3 Å². The van der Waals surface area contributed by atoms with Crippen LogP contribution in [0.2, 0.25) is 5.02 Å². The minimum atomic E-state index is -0.535. The zero-order valence-electron chi connectivity index (χ0n) is 12.6. The lowest BCUT2D eigenvalue weighted by atomic mass is 9.96. The predicted molar refractivity (Wildman–Crippen MR) is 88.9 cm³/mol. The fourth-order valence-electron chi connectivity index (χ4n) is 2.18. The van der Waals surface area contributed by atoms with E-state index in [0.29, 0.717) is 12.1 Å². The van der Waals surface area contributed by atoms with Gasteiger partial charge in [0.05, 0.1) is 5.02 Å². The maximum absolute atomic E-state index is 13.1. The summed E-state index contributed by atoms with van der Waals surface area (Å²) in [5.41, 5.74) is 7.37. The summed E-state index contributed by atoms with van der Waals surface area (Å²) in [6, 6.07) is 10.3. The van der Waals surface area contributed by atoms with Crippen molar-refractivity contribution in [3.8, 4) is 5.75 Å². The minimum Gasteiger partial charge on any atom is -0.508 e. The summed E-state index contributed by atoms with van der Waals surface area (Å²) in [7, 11) is 0. The highest BCUT2D eigenvalue weighted by Crippen LogP contribution is 2.23. The number of phenols is 1. The fraction of sp³-hybridized carbons (Fsp3) is 0.235. The average molecular weight is 337 g/mol. The van der Waals surface area contributed by atoms with Crippen LogP contribution in [0.4, 0.5) is 10.1 Å². The molecule has 0 aliphatic rings. The van der Waals surface area contributed by atoms with Crippen LogP contribution in [0.25, 0.3) is 0 Å². The van der Waals surface area contributed by atoms with Gasteiger partial charge in [-0.2, -0.15) is 0 Å². The third-order valence-electron chi connectivity index (χ3n) is 3.56. The third kappa shape index (κ3) is 4.68. The maximum Gasteiger partial charge on any atom is 0.227 e. The van der Waals surface area contributed by atoms with E-state index in [4.69, 9.17) is 17.3 Å². The number of anilines is 1. The Balaban J connectivity index is 1.96. The quantitative estimate of drug-likeness (QED) is 0.776. The van der Waals surface area contributed by atoms with Crippen molar-refractivity contribution in [3.05, 3.63) is 58.9 Å². The molecule has 2 rings (SSSR count). The molecule has 0 bridgehead atoms. The molecule has 6 heteroatoms. The molecular weight excluding hydrogens is 319 g/mol. The number of hydrogen-bond donors (Lipinski definition) is 3. The first-order valence-corrected chi connectivity index (χ1v) is 7.55. The first kappa shape index (κ1) is 17.2. The van der Waals surface area contributed by atoms with Crippen LogP contribution in [-0.4, -0.2) is 11.0 Å². The van der Waals surface area contributed by atoms with Gasteiger partial charge in [-0.3, -0.25) is 4.79 Å². The van der Waals surface area contributed by atoms with E-state index in [1.165, 1.54) is 18.2 Å². The molecule has 2 aromatic rings. The molecule has 2 atom stereocenters. The average Bonchev–Trinajstić information content (AvgIpc) is 2.51. The van der Waals surface area contributed by atoms with E-state index in [9.17, 15) is 14.3 Å². The van der Waals surface area contributed by atoms with Crippen LogP contribution in [0.1, 0.15) is 24.9 Å². The number of rotatable bonds is 5. The van der Waals surface area contributed by atoms with Gasteiger partial charge in [0, 0.05) is 17.6 Å². The normalized spacial score (nSPS) is 13.4. The van der Waals surface area contributed by atoms with Gasteiger partial charge in [-0.25, -0.2) is 4.39 Å². The molecule has 2 unspecified atom stereocenters. The summed E-state index contributed by atoms with van der Waals surface area (Å²) in [6.07, 6.45) is 0.436. The summed E-state index contributed by atoms with van der Waals surface area (Å²) in [4.78, 5) is 12.2. The van der Waals surface area contributed by atoms with E-state index in [1.54, 1.807) is 31.2 Å². The molecule has 23 heavy (non-hydrogen) atoms. The molecule has 4 N–H and O–H groups in total. The van der Waals surface area contributed by atoms with Gasteiger partial charge in [0.25, 0.3) is 0 Å². The number of phenolic OH excluding ortho intramolecular Hbond substituents is 1. The van der Waals surface area contributed by atoms with Gasteiger partial charge in [-0.05, 0) is 42.3 Å². The number of carbonyl (C=O) groups is 1. The van der Waals surface area contributed by atoms with Gasteiger partial charge in [-0.15, -0.1) is 0 Å². The molecule has 1 amide bonds. The largest absolute Gasteiger partial charge is 0.508 e. The van der Waals surface area contributed by atoms with Crippen molar-refractivity contribution >= 4 is 23.2 Å². The molecule has 122 valence electrons. The van der Waals surface area contributed by atoms with Gasteiger partial charge in [0.1, 0.15) is 11.6 Å². The Hall–Kier alpha value is -2.11. The lowest BCUT2D eigenvalue weighted by Crippen LogP contribution is -2.24. The van der Waals surface area contributed by atoms with Crippen LogP contribution in [0.3, 0.4) is 0 Å². The second kappa shape index (κ2) is 7.44. The van der Waals surface area contributed by atoms with E-state index in [1.807, 2.05) is 0 Å². The standard InChI is InChI=1S/C17H18ClFN2O2/c1-10(8-16(20)11-2-5-13(22)6-3-11)17(23)21-12-4-7-15(19)14(18)9-12/h2-7,9-10,16,22H,8,20H2,1H3,(H,21,23). The molecule has 0 fully saturated rings. The molecule has 0 spiro atoms. The van der Waals surface area contributed by atoms with E-state index >= 15 is 0 Å². The topological polar surface area (TPSA) is 75.3 Å². The summed E-state index contributed by atoms with van der Waals surface area (Å²) in [5, 5.41) is 11.9. The highest BCUT2D eigenvalue weighted by molar-refractivity contribution is 6.31. The molecule has 0 heterocycles. The zero-order valence-corrected chi connectivity index (χ0v) is 13.3. The Kier molecular flexibility index (Phi) is 5.58. The number of carbonyl (C=O) groups excluding carboxylic acids is 1. The molecule has 0 saturated carbocycles. The zero-order chi connectivity index (χ0) is 17.0. The molecule has 4 nitrogen and oxygen atoms in total. The van der Waals surface area contributed by atoms with Gasteiger partial charge in [0.15, 0.2) is 0 Å². The predicted octanol–water partition coefficient (Wildman–Crippen LogP) is 3.85. The Bertz CT molecular complexity index is 691. The number of hydrogen-bond acceptors (Lipinski definition) is 3. The second-order valence-corrected chi connectivity index (χ2v) is 5.86. The second-order valence-electron chi connectivity index (χ2n) is 5.45. The number of nitrogens with two attached hydrogens (primary N) is 1. The minimum absolute atomic E-state index is 0.0451. The number of amides is 1. The van der Waals surface area contributed by atoms with Crippen molar-refractivity contribution in [3.63, 3.8) is 0 Å². The number of nitrogens with one attached hydrogen (secondary N) is 1. The van der Waals surface area contributed by atoms with Crippen molar-refractivity contribution in [1.82, 2.24) is 0 Å². The monoisotopic (exact) mass is 336 g/mol. The lowest BCUT2D eigenvalue weighted by molar-refractivity contribution is -0.119. The number of benzene rings is 2. The molecule has 0 aromatic heterocycles. The van der Waals surface area contributed by atoms with Crippen molar-refractivity contribution in [2.45, 2.75) is 19.4 Å². The van der Waals surface area contributed by atoms with Crippen molar-refractivity contribution in [2.75, 3.05) is 5.32 Å². The number of halogens is 2. The molecule has 0 saturated heterocycles.